The Labute approximate surface area is 203 Å². The summed E-state index contributed by atoms with van der Waals surface area (Å²) in [6.45, 7) is 5.82. The summed E-state index contributed by atoms with van der Waals surface area (Å²) in [6, 6.07) is 23.9. The highest BCUT2D eigenvalue weighted by Gasteiger charge is 2.18. The summed E-state index contributed by atoms with van der Waals surface area (Å²) in [7, 11) is 0. The molecule has 7 nitrogen and oxygen atoms in total. The van der Waals surface area contributed by atoms with E-state index in [1.54, 1.807) is 0 Å². The maximum absolute atomic E-state index is 12.6. The molecule has 0 bridgehead atoms. The summed E-state index contributed by atoms with van der Waals surface area (Å²) < 4.78 is 5.38. The van der Waals surface area contributed by atoms with Crippen LogP contribution in [0, 0.1) is 0 Å². The van der Waals surface area contributed by atoms with Crippen LogP contribution in [0.25, 0.3) is 22.2 Å². The highest BCUT2D eigenvalue weighted by Crippen LogP contribution is 2.28. The Morgan fingerprint density at radius 1 is 0.941 bits per heavy atom. The van der Waals surface area contributed by atoms with E-state index in [4.69, 9.17) is 4.52 Å². The van der Waals surface area contributed by atoms with E-state index < -0.39 is 0 Å². The average Bonchev–Trinajstić information content (AvgIpc) is 3.58. The van der Waals surface area contributed by atoms with Gasteiger partial charge < -0.3 is 14.7 Å². The van der Waals surface area contributed by atoms with Crippen molar-refractivity contribution in [3.63, 3.8) is 0 Å². The number of carbonyl (C=O) groups excluding carboxylic acids is 1. The Morgan fingerprint density at radius 2 is 1.68 bits per heavy atom. The first kappa shape index (κ1) is 22.3. The van der Waals surface area contributed by atoms with Crippen LogP contribution in [-0.2, 0) is 0 Å². The summed E-state index contributed by atoms with van der Waals surface area (Å²) in [5, 5.41) is 7.11. The SMILES string of the molecule is O=C(NCCCN1CCN(c2ccccc2)CC1)c1ccc(-c2noc(-c3ccccc3)n2)s1. The Balaban J connectivity index is 1.06. The third-order valence-electron chi connectivity index (χ3n) is 5.93. The molecule has 0 saturated carbocycles. The molecule has 1 aliphatic heterocycles. The van der Waals surface area contributed by atoms with Gasteiger partial charge in [-0.1, -0.05) is 41.6 Å². The number of aromatic nitrogens is 2. The van der Waals surface area contributed by atoms with Crippen LogP contribution in [0.2, 0.25) is 0 Å². The molecular formula is C26H27N5O2S. The van der Waals surface area contributed by atoms with E-state index in [1.165, 1.54) is 17.0 Å². The smallest absolute Gasteiger partial charge is 0.261 e. The van der Waals surface area contributed by atoms with E-state index in [0.29, 0.717) is 23.1 Å². The predicted octanol–water partition coefficient (Wildman–Crippen LogP) is 4.41. The molecule has 1 N–H and O–H groups in total. The highest BCUT2D eigenvalue weighted by molar-refractivity contribution is 7.17. The third-order valence-corrected chi connectivity index (χ3v) is 7.01. The van der Waals surface area contributed by atoms with Gasteiger partial charge in [-0.2, -0.15) is 4.98 Å². The zero-order chi connectivity index (χ0) is 23.2. The van der Waals surface area contributed by atoms with Crippen molar-refractivity contribution in [2.75, 3.05) is 44.2 Å². The van der Waals surface area contributed by atoms with Crippen molar-refractivity contribution in [2.45, 2.75) is 6.42 Å². The van der Waals surface area contributed by atoms with Gasteiger partial charge in [-0.3, -0.25) is 9.69 Å². The fourth-order valence-electron chi connectivity index (χ4n) is 4.06. The summed E-state index contributed by atoms with van der Waals surface area (Å²) in [6.07, 6.45) is 0.931. The number of hydrogen-bond acceptors (Lipinski definition) is 7. The lowest BCUT2D eigenvalue weighted by molar-refractivity contribution is 0.0955. The highest BCUT2D eigenvalue weighted by atomic mass is 32.1. The van der Waals surface area contributed by atoms with E-state index in [2.05, 4.69) is 55.6 Å². The minimum atomic E-state index is -0.0584. The van der Waals surface area contributed by atoms with E-state index in [0.717, 1.165) is 49.6 Å². The first-order valence-corrected chi connectivity index (χ1v) is 12.4. The largest absolute Gasteiger partial charge is 0.369 e. The maximum atomic E-state index is 12.6. The van der Waals surface area contributed by atoms with Crippen molar-refractivity contribution >= 4 is 22.9 Å². The van der Waals surface area contributed by atoms with Crippen LogP contribution in [0.1, 0.15) is 16.1 Å². The number of anilines is 1. The molecule has 1 aliphatic rings. The van der Waals surface area contributed by atoms with Crippen LogP contribution in [0.5, 0.6) is 0 Å². The lowest BCUT2D eigenvalue weighted by Crippen LogP contribution is -2.47. The molecule has 5 rings (SSSR count). The predicted molar refractivity (Wildman–Crippen MR) is 135 cm³/mol. The van der Waals surface area contributed by atoms with E-state index in [1.807, 2.05) is 42.5 Å². The van der Waals surface area contributed by atoms with Gasteiger partial charge in [0, 0.05) is 44.0 Å². The normalized spacial score (nSPS) is 14.3. The quantitative estimate of drug-likeness (QED) is 0.382. The third kappa shape index (κ3) is 5.35. The van der Waals surface area contributed by atoms with Crippen molar-refractivity contribution in [1.29, 1.82) is 0 Å². The molecular weight excluding hydrogens is 446 g/mol. The molecule has 1 saturated heterocycles. The Hall–Kier alpha value is -3.49. The average molecular weight is 474 g/mol. The number of nitrogens with one attached hydrogen (secondary N) is 1. The second kappa shape index (κ2) is 10.6. The van der Waals surface area contributed by atoms with Gasteiger partial charge in [0.2, 0.25) is 5.82 Å². The standard InChI is InChI=1S/C26H27N5O2S/c32-25(27-14-7-15-30-16-18-31(19-17-30)21-10-5-2-6-11-21)23-13-12-22(34-23)24-28-26(33-29-24)20-8-3-1-4-9-20/h1-6,8-13H,7,14-19H2,(H,27,32). The van der Waals surface area contributed by atoms with Gasteiger partial charge in [0.05, 0.1) is 9.75 Å². The number of amides is 1. The number of thiophene rings is 1. The minimum Gasteiger partial charge on any atom is -0.369 e. The van der Waals surface area contributed by atoms with Gasteiger partial charge in [0.1, 0.15) is 0 Å². The number of piperazine rings is 1. The van der Waals surface area contributed by atoms with E-state index in [-0.39, 0.29) is 5.91 Å². The fraction of sp³-hybridized carbons (Fsp3) is 0.269. The van der Waals surface area contributed by atoms with Crippen molar-refractivity contribution in [1.82, 2.24) is 20.4 Å². The van der Waals surface area contributed by atoms with Gasteiger partial charge in [0.25, 0.3) is 11.8 Å². The van der Waals surface area contributed by atoms with Gasteiger partial charge >= 0.3 is 0 Å². The van der Waals surface area contributed by atoms with Crippen molar-refractivity contribution in [3.8, 4) is 22.2 Å². The van der Waals surface area contributed by atoms with Crippen LogP contribution < -0.4 is 10.2 Å². The zero-order valence-corrected chi connectivity index (χ0v) is 19.7. The number of para-hydroxylation sites is 1. The van der Waals surface area contributed by atoms with Crippen LogP contribution in [0.15, 0.2) is 77.3 Å². The van der Waals surface area contributed by atoms with Crippen LogP contribution >= 0.6 is 11.3 Å². The summed E-state index contributed by atoms with van der Waals surface area (Å²) in [5.41, 5.74) is 2.17. The van der Waals surface area contributed by atoms with Crippen LogP contribution in [0.3, 0.4) is 0 Å². The van der Waals surface area contributed by atoms with Gasteiger partial charge in [-0.25, -0.2) is 0 Å². The monoisotopic (exact) mass is 473 g/mol. The van der Waals surface area contributed by atoms with Crippen LogP contribution in [-0.4, -0.2) is 60.2 Å². The van der Waals surface area contributed by atoms with Gasteiger partial charge in [-0.15, -0.1) is 11.3 Å². The Morgan fingerprint density at radius 3 is 2.44 bits per heavy atom. The topological polar surface area (TPSA) is 74.5 Å². The number of benzene rings is 2. The van der Waals surface area contributed by atoms with Crippen molar-refractivity contribution in [3.05, 3.63) is 77.7 Å². The molecule has 0 atom stereocenters. The molecule has 8 heteroatoms. The van der Waals surface area contributed by atoms with Gasteiger partial charge in [0.15, 0.2) is 0 Å². The van der Waals surface area contributed by atoms with E-state index >= 15 is 0 Å². The Bertz CT molecular complexity index is 1200. The number of nitrogens with zero attached hydrogens (tertiary/aromatic N) is 4. The minimum absolute atomic E-state index is 0.0584. The second-order valence-corrected chi connectivity index (χ2v) is 9.31. The number of rotatable bonds is 8. The summed E-state index contributed by atoms with van der Waals surface area (Å²) in [5.74, 6) is 0.911. The molecule has 0 aliphatic carbocycles. The maximum Gasteiger partial charge on any atom is 0.261 e. The van der Waals surface area contributed by atoms with Crippen molar-refractivity contribution in [2.24, 2.45) is 0 Å². The molecule has 174 valence electrons. The molecule has 34 heavy (non-hydrogen) atoms. The van der Waals surface area contributed by atoms with Crippen molar-refractivity contribution < 1.29 is 9.32 Å². The molecule has 1 amide bonds. The molecule has 0 spiro atoms. The number of hydrogen-bond donors (Lipinski definition) is 1. The molecule has 4 aromatic rings. The molecule has 2 aromatic heterocycles. The first-order valence-electron chi connectivity index (χ1n) is 11.6. The molecule has 1 fully saturated rings. The molecule has 0 unspecified atom stereocenters. The van der Waals surface area contributed by atoms with E-state index in [9.17, 15) is 4.79 Å². The fourth-order valence-corrected chi connectivity index (χ4v) is 4.91. The van der Waals surface area contributed by atoms with Crippen LogP contribution in [0.4, 0.5) is 5.69 Å². The number of carbonyl (C=O) groups is 1. The Kier molecular flexibility index (Phi) is 6.97. The second-order valence-electron chi connectivity index (χ2n) is 8.23. The lowest BCUT2D eigenvalue weighted by atomic mass is 10.2. The molecule has 0 radical (unpaired) electrons. The van der Waals surface area contributed by atoms with Gasteiger partial charge in [-0.05, 0) is 49.4 Å². The lowest BCUT2D eigenvalue weighted by Gasteiger charge is -2.36. The molecule has 2 aromatic carbocycles. The molecule has 3 heterocycles. The summed E-state index contributed by atoms with van der Waals surface area (Å²) >= 11 is 1.37. The summed E-state index contributed by atoms with van der Waals surface area (Å²) in [4.78, 5) is 23.4. The first-order chi connectivity index (χ1) is 16.8. The zero-order valence-electron chi connectivity index (χ0n) is 18.9.